The zero-order valence-electron chi connectivity index (χ0n) is 9.49. The van der Waals surface area contributed by atoms with E-state index in [-0.39, 0.29) is 12.3 Å². The van der Waals surface area contributed by atoms with Gasteiger partial charge in [-0.1, -0.05) is 0 Å². The van der Waals surface area contributed by atoms with Crippen molar-refractivity contribution < 1.29 is 19.1 Å². The minimum absolute atomic E-state index is 0.0546. The molecule has 1 saturated heterocycles. The Bertz CT molecular complexity index is 372. The first-order valence-electron chi connectivity index (χ1n) is 5.19. The van der Waals surface area contributed by atoms with Crippen molar-refractivity contribution in [3.63, 3.8) is 0 Å². The average molecular weight is 238 g/mol. The van der Waals surface area contributed by atoms with Crippen LogP contribution in [0.1, 0.15) is 19.3 Å². The van der Waals surface area contributed by atoms with Crippen LogP contribution in [0.5, 0.6) is 0 Å². The Morgan fingerprint density at radius 2 is 2.41 bits per heavy atom. The number of carbonyl (C=O) groups excluding carboxylic acids is 3. The normalized spacial score (nSPS) is 20.0. The summed E-state index contributed by atoms with van der Waals surface area (Å²) in [5.74, 6) is 1.10. The molecular formula is C11H14N2O4. The Morgan fingerprint density at radius 1 is 1.71 bits per heavy atom. The average Bonchev–Trinajstić information content (AvgIpc) is 2.74. The number of hydrogen-bond donors (Lipinski definition) is 2. The van der Waals surface area contributed by atoms with Crippen LogP contribution in [0, 0.1) is 12.3 Å². The molecule has 2 amide bonds. The van der Waals surface area contributed by atoms with E-state index in [1.54, 1.807) is 0 Å². The largest absolute Gasteiger partial charge is 0.467 e. The van der Waals surface area contributed by atoms with Gasteiger partial charge in [-0.05, 0) is 6.42 Å². The van der Waals surface area contributed by atoms with Gasteiger partial charge in [0.2, 0.25) is 11.8 Å². The smallest absolute Gasteiger partial charge is 0.329 e. The van der Waals surface area contributed by atoms with Gasteiger partial charge in [0.25, 0.3) is 0 Å². The first-order chi connectivity index (χ1) is 8.08. The number of carbonyl (C=O) groups is 3. The van der Waals surface area contributed by atoms with Gasteiger partial charge in [0.15, 0.2) is 0 Å². The number of amides is 2. The fourth-order valence-electron chi connectivity index (χ4n) is 1.54. The minimum Gasteiger partial charge on any atom is -0.467 e. The number of esters is 1. The van der Waals surface area contributed by atoms with Crippen LogP contribution in [0.3, 0.4) is 0 Å². The molecule has 1 aliphatic rings. The summed E-state index contributed by atoms with van der Waals surface area (Å²) in [6, 6.07) is -1.46. The van der Waals surface area contributed by atoms with Crippen LogP contribution in [0.4, 0.5) is 0 Å². The van der Waals surface area contributed by atoms with E-state index in [1.807, 2.05) is 0 Å². The minimum atomic E-state index is -0.866. The van der Waals surface area contributed by atoms with Crippen molar-refractivity contribution in [2.75, 3.05) is 7.11 Å². The lowest BCUT2D eigenvalue weighted by Gasteiger charge is -2.16. The molecule has 92 valence electrons. The predicted molar refractivity (Wildman–Crippen MR) is 58.6 cm³/mol. The van der Waals surface area contributed by atoms with Crippen LogP contribution in [0.15, 0.2) is 0 Å². The van der Waals surface area contributed by atoms with Gasteiger partial charge in [-0.3, -0.25) is 9.59 Å². The molecule has 0 bridgehead atoms. The zero-order chi connectivity index (χ0) is 12.8. The van der Waals surface area contributed by atoms with Crippen LogP contribution in [-0.4, -0.2) is 37.0 Å². The summed E-state index contributed by atoms with van der Waals surface area (Å²) < 4.78 is 4.51. The maximum Gasteiger partial charge on any atom is 0.329 e. The summed E-state index contributed by atoms with van der Waals surface area (Å²) in [5.41, 5.74) is 0. The van der Waals surface area contributed by atoms with Gasteiger partial charge < -0.3 is 15.4 Å². The number of ether oxygens (including phenoxy) is 1. The second-order valence-corrected chi connectivity index (χ2v) is 3.65. The van der Waals surface area contributed by atoms with Crippen LogP contribution >= 0.6 is 0 Å². The molecule has 1 rings (SSSR count). The van der Waals surface area contributed by atoms with E-state index >= 15 is 0 Å². The van der Waals surface area contributed by atoms with E-state index in [0.717, 1.165) is 0 Å². The lowest BCUT2D eigenvalue weighted by atomic mass is 10.1. The second kappa shape index (κ2) is 5.89. The molecular weight excluding hydrogens is 224 g/mol. The van der Waals surface area contributed by atoms with Crippen molar-refractivity contribution >= 4 is 17.8 Å². The Morgan fingerprint density at radius 3 is 2.88 bits per heavy atom. The van der Waals surface area contributed by atoms with Crippen LogP contribution in [0.25, 0.3) is 0 Å². The predicted octanol–water partition coefficient (Wildman–Crippen LogP) is -1.05. The number of methoxy groups -OCH3 is 1. The molecule has 1 heterocycles. The number of rotatable bonds is 4. The highest BCUT2D eigenvalue weighted by Crippen LogP contribution is 2.07. The lowest BCUT2D eigenvalue weighted by Crippen LogP contribution is -2.48. The fourth-order valence-corrected chi connectivity index (χ4v) is 1.54. The van der Waals surface area contributed by atoms with Crippen LogP contribution in [-0.2, 0) is 19.1 Å². The quantitative estimate of drug-likeness (QED) is 0.483. The summed E-state index contributed by atoms with van der Waals surface area (Å²) in [4.78, 5) is 33.9. The van der Waals surface area contributed by atoms with Gasteiger partial charge in [-0.15, -0.1) is 12.3 Å². The molecule has 0 radical (unpaired) electrons. The number of terminal acetylenes is 1. The Hall–Kier alpha value is -2.03. The molecule has 0 aromatic carbocycles. The van der Waals surface area contributed by atoms with Crippen LogP contribution in [0.2, 0.25) is 0 Å². The molecule has 0 aliphatic carbocycles. The monoisotopic (exact) mass is 238 g/mol. The third-order valence-electron chi connectivity index (χ3n) is 2.44. The molecule has 0 aromatic heterocycles. The molecule has 0 aromatic rings. The molecule has 6 heteroatoms. The second-order valence-electron chi connectivity index (χ2n) is 3.65. The summed E-state index contributed by atoms with van der Waals surface area (Å²) in [7, 11) is 1.22. The van der Waals surface area contributed by atoms with E-state index in [9.17, 15) is 14.4 Å². The van der Waals surface area contributed by atoms with Crippen LogP contribution < -0.4 is 10.6 Å². The standard InChI is InChI=1S/C11H14N2O4/c1-3-4-8(11(16)17-2)13-10(15)7-5-6-9(14)12-7/h1,7-8H,4-6H2,2H3,(H,12,14)(H,13,15)/t7-,8+/m1/s1. The Labute approximate surface area is 99.1 Å². The molecule has 0 saturated carbocycles. The maximum atomic E-state index is 11.7. The maximum absolute atomic E-state index is 11.7. The van der Waals surface area contributed by atoms with Crippen molar-refractivity contribution in [1.29, 1.82) is 0 Å². The van der Waals surface area contributed by atoms with Gasteiger partial charge in [0.1, 0.15) is 12.1 Å². The third kappa shape index (κ3) is 3.48. The summed E-state index contributed by atoms with van der Waals surface area (Å²) in [6.07, 6.45) is 5.89. The topological polar surface area (TPSA) is 84.5 Å². The highest BCUT2D eigenvalue weighted by Gasteiger charge is 2.30. The van der Waals surface area contributed by atoms with Gasteiger partial charge >= 0.3 is 5.97 Å². The van der Waals surface area contributed by atoms with E-state index in [4.69, 9.17) is 6.42 Å². The number of hydrogen-bond acceptors (Lipinski definition) is 4. The lowest BCUT2D eigenvalue weighted by molar-refractivity contribution is -0.145. The number of nitrogens with one attached hydrogen (secondary N) is 2. The van der Waals surface area contributed by atoms with Gasteiger partial charge in [-0.25, -0.2) is 4.79 Å². The molecule has 1 aliphatic heterocycles. The van der Waals surface area contributed by atoms with E-state index in [2.05, 4.69) is 21.3 Å². The Kier molecular flexibility index (Phi) is 4.52. The summed E-state index contributed by atoms with van der Waals surface area (Å²) >= 11 is 0. The van der Waals surface area contributed by atoms with Crippen molar-refractivity contribution in [3.05, 3.63) is 0 Å². The molecule has 2 atom stereocenters. The highest BCUT2D eigenvalue weighted by atomic mass is 16.5. The summed E-state index contributed by atoms with van der Waals surface area (Å²) in [5, 5.41) is 4.96. The molecule has 1 fully saturated rings. The van der Waals surface area contributed by atoms with Gasteiger partial charge in [0.05, 0.1) is 7.11 Å². The van der Waals surface area contributed by atoms with E-state index in [0.29, 0.717) is 12.8 Å². The van der Waals surface area contributed by atoms with Crippen molar-refractivity contribution in [2.45, 2.75) is 31.3 Å². The van der Waals surface area contributed by atoms with Crippen molar-refractivity contribution in [1.82, 2.24) is 10.6 Å². The molecule has 6 nitrogen and oxygen atoms in total. The molecule has 2 N–H and O–H groups in total. The molecule has 17 heavy (non-hydrogen) atoms. The highest BCUT2D eigenvalue weighted by molar-refractivity contribution is 5.93. The fraction of sp³-hybridized carbons (Fsp3) is 0.545. The van der Waals surface area contributed by atoms with E-state index < -0.39 is 24.0 Å². The Balaban J connectivity index is 2.55. The first-order valence-corrected chi connectivity index (χ1v) is 5.19. The van der Waals surface area contributed by atoms with Gasteiger partial charge in [0, 0.05) is 12.8 Å². The van der Waals surface area contributed by atoms with Crippen molar-refractivity contribution in [2.24, 2.45) is 0 Å². The summed E-state index contributed by atoms with van der Waals surface area (Å²) in [6.45, 7) is 0. The third-order valence-corrected chi connectivity index (χ3v) is 2.44. The van der Waals surface area contributed by atoms with E-state index in [1.165, 1.54) is 7.11 Å². The van der Waals surface area contributed by atoms with Crippen molar-refractivity contribution in [3.8, 4) is 12.3 Å². The first kappa shape index (κ1) is 13.0. The van der Waals surface area contributed by atoms with Gasteiger partial charge in [-0.2, -0.15) is 0 Å². The molecule has 0 spiro atoms. The molecule has 0 unspecified atom stereocenters. The zero-order valence-corrected chi connectivity index (χ0v) is 9.49. The SMILES string of the molecule is C#CC[C@H](NC(=O)[C@H]1CCC(=O)N1)C(=O)OC.